The van der Waals surface area contributed by atoms with Crippen LogP contribution in [0.15, 0.2) is 94.6 Å². The molecule has 15 nitrogen and oxygen atoms in total. The first kappa shape index (κ1) is 48.1. The van der Waals surface area contributed by atoms with Crippen LogP contribution in [0, 0.1) is 12.3 Å². The number of hydrazine groups is 1. The second-order valence-corrected chi connectivity index (χ2v) is 18.2. The van der Waals surface area contributed by atoms with E-state index in [1.54, 1.807) is 21.1 Å². The van der Waals surface area contributed by atoms with Crippen LogP contribution in [0.3, 0.4) is 0 Å². The van der Waals surface area contributed by atoms with Crippen molar-refractivity contribution in [2.45, 2.75) is 97.9 Å². The number of carbonyl (C=O) groups excluding carboxylic acids is 1. The average Bonchev–Trinajstić information content (AvgIpc) is 3.65. The molecule has 4 atom stereocenters. The fraction of sp³-hybridized carbons (Fsp3) is 0.477. The van der Waals surface area contributed by atoms with E-state index in [2.05, 4.69) is 4.98 Å². The van der Waals surface area contributed by atoms with Crippen molar-refractivity contribution in [2.24, 2.45) is 5.41 Å². The Morgan fingerprint density at radius 3 is 2.00 bits per heavy atom. The molecule has 1 aliphatic rings. The molecule has 17 heteroatoms. The van der Waals surface area contributed by atoms with Crippen LogP contribution in [0.25, 0.3) is 0 Å². The Bertz CT molecular complexity index is 2070. The number of nitrogens with zero attached hydrogens (tertiary/aromatic N) is 3. The molecular formula is C44H59N4O11PS. The lowest BCUT2D eigenvalue weighted by Crippen LogP contribution is -2.48. The normalized spacial score (nSPS) is 17.7. The predicted molar refractivity (Wildman–Crippen MR) is 235 cm³/mol. The number of methoxy groups -OCH3 is 2. The summed E-state index contributed by atoms with van der Waals surface area (Å²) in [5.74, 6) is 1.68. The zero-order chi connectivity index (χ0) is 44.5. The highest BCUT2D eigenvalue weighted by atomic mass is 32.2. The zero-order valence-electron chi connectivity index (χ0n) is 36.5. The minimum absolute atomic E-state index is 0.0224. The summed E-state index contributed by atoms with van der Waals surface area (Å²) in [5, 5.41) is 1.84. The molecule has 0 aliphatic carbocycles. The molecule has 332 valence electrons. The van der Waals surface area contributed by atoms with Gasteiger partial charge in [0.25, 0.3) is 5.56 Å². The molecule has 3 aromatic carbocycles. The van der Waals surface area contributed by atoms with Crippen molar-refractivity contribution in [1.82, 2.24) is 19.5 Å². The van der Waals surface area contributed by atoms with Crippen LogP contribution in [0.5, 0.6) is 11.5 Å². The third-order valence-electron chi connectivity index (χ3n) is 10.0. The van der Waals surface area contributed by atoms with Crippen molar-refractivity contribution in [3.05, 3.63) is 128 Å². The summed E-state index contributed by atoms with van der Waals surface area (Å²) in [6, 6.07) is 24.7. The predicted octanol–water partition coefficient (Wildman–Crippen LogP) is 7.27. The molecule has 5 rings (SSSR count). The molecular weight excluding hydrogens is 824 g/mol. The number of aromatic nitrogens is 2. The minimum atomic E-state index is -2.59. The summed E-state index contributed by atoms with van der Waals surface area (Å²) in [6.07, 6.45) is -1.18. The quantitative estimate of drug-likeness (QED) is 0.0300. The SMILES string of the molecule is COc1ccc(C(OC[C@H]2O[C@@H](n3cc(C)c(=O)[nH]c3=O)C[C@@H]2OOP(O)N(OCCSC(=O)C(C)(C)C)N(C(C)C)C(C)C)(c2ccccc2)c2ccc(OC)cc2)cc1. The van der Waals surface area contributed by atoms with Crippen LogP contribution in [0.4, 0.5) is 0 Å². The molecule has 1 aromatic heterocycles. The third-order valence-corrected chi connectivity index (χ3v) is 12.1. The number of benzene rings is 3. The van der Waals surface area contributed by atoms with Gasteiger partial charge < -0.3 is 23.8 Å². The van der Waals surface area contributed by atoms with Crippen molar-refractivity contribution in [3.63, 3.8) is 0 Å². The Morgan fingerprint density at radius 2 is 1.48 bits per heavy atom. The van der Waals surface area contributed by atoms with Gasteiger partial charge in [-0.2, -0.15) is 4.67 Å². The van der Waals surface area contributed by atoms with E-state index in [0.717, 1.165) is 28.5 Å². The van der Waals surface area contributed by atoms with Crippen molar-refractivity contribution >= 4 is 25.4 Å². The highest BCUT2D eigenvalue weighted by Crippen LogP contribution is 2.45. The maximum Gasteiger partial charge on any atom is 0.330 e. The van der Waals surface area contributed by atoms with Gasteiger partial charge in [0.15, 0.2) is 5.12 Å². The van der Waals surface area contributed by atoms with Gasteiger partial charge in [-0.25, -0.2) is 14.7 Å². The third kappa shape index (κ3) is 11.8. The van der Waals surface area contributed by atoms with Gasteiger partial charge in [-0.3, -0.25) is 24.0 Å². The van der Waals surface area contributed by atoms with E-state index in [1.165, 1.54) is 15.7 Å². The molecule has 0 amide bonds. The molecule has 1 fully saturated rings. The average molecular weight is 883 g/mol. The van der Waals surface area contributed by atoms with E-state index in [1.807, 2.05) is 132 Å². The molecule has 2 heterocycles. The molecule has 61 heavy (non-hydrogen) atoms. The summed E-state index contributed by atoms with van der Waals surface area (Å²) in [6.45, 7) is 15.0. The van der Waals surface area contributed by atoms with E-state index >= 15 is 0 Å². The first-order chi connectivity index (χ1) is 29.0. The molecule has 4 aromatic rings. The fourth-order valence-electron chi connectivity index (χ4n) is 6.99. The van der Waals surface area contributed by atoms with Gasteiger partial charge in [0.1, 0.15) is 35.5 Å². The fourth-order valence-corrected chi connectivity index (χ4v) is 8.78. The molecule has 0 bridgehead atoms. The number of H-pyrrole nitrogens is 1. The van der Waals surface area contributed by atoms with Crippen molar-refractivity contribution < 1.29 is 43.0 Å². The monoisotopic (exact) mass is 882 g/mol. The lowest BCUT2D eigenvalue weighted by Gasteiger charge is -2.39. The largest absolute Gasteiger partial charge is 0.497 e. The summed E-state index contributed by atoms with van der Waals surface area (Å²) in [7, 11) is 0.620. The van der Waals surface area contributed by atoms with Crippen molar-refractivity contribution in [3.8, 4) is 11.5 Å². The number of rotatable bonds is 20. The second kappa shape index (κ2) is 21.4. The van der Waals surface area contributed by atoms with Gasteiger partial charge in [-0.05, 0) is 80.5 Å². The highest BCUT2D eigenvalue weighted by molar-refractivity contribution is 8.13. The molecule has 1 saturated heterocycles. The number of hydrogen-bond acceptors (Lipinski definition) is 14. The Morgan fingerprint density at radius 1 is 0.918 bits per heavy atom. The number of nitrogens with one attached hydrogen (secondary N) is 1. The van der Waals surface area contributed by atoms with E-state index < -0.39 is 49.2 Å². The first-order valence-corrected chi connectivity index (χ1v) is 22.3. The molecule has 0 saturated carbocycles. The lowest BCUT2D eigenvalue weighted by molar-refractivity contribution is -0.296. The summed E-state index contributed by atoms with van der Waals surface area (Å²) < 4.78 is 31.9. The summed E-state index contributed by atoms with van der Waals surface area (Å²) in [5.41, 5.74) is -0.186. The number of thioether (sulfide) groups is 1. The summed E-state index contributed by atoms with van der Waals surface area (Å²) in [4.78, 5) is 65.6. The maximum absolute atomic E-state index is 13.2. The van der Waals surface area contributed by atoms with Gasteiger partial charge in [0.2, 0.25) is 0 Å². The van der Waals surface area contributed by atoms with Crippen LogP contribution in [0.1, 0.15) is 83.4 Å². The van der Waals surface area contributed by atoms with Gasteiger partial charge in [-0.15, -0.1) is 0 Å². The molecule has 1 aliphatic heterocycles. The number of hydrogen-bond donors (Lipinski definition) is 2. The smallest absolute Gasteiger partial charge is 0.330 e. The minimum Gasteiger partial charge on any atom is -0.497 e. The van der Waals surface area contributed by atoms with E-state index in [-0.39, 0.29) is 36.8 Å². The highest BCUT2D eigenvalue weighted by Gasteiger charge is 2.44. The number of carbonyl (C=O) groups is 1. The van der Waals surface area contributed by atoms with Crippen LogP contribution in [-0.2, 0) is 34.3 Å². The summed E-state index contributed by atoms with van der Waals surface area (Å²) >= 11 is 1.16. The van der Waals surface area contributed by atoms with E-state index in [0.29, 0.717) is 22.8 Å². The maximum atomic E-state index is 13.2. The van der Waals surface area contributed by atoms with Gasteiger partial charge in [0.05, 0.1) is 27.4 Å². The Balaban J connectivity index is 1.49. The Kier molecular flexibility index (Phi) is 16.9. The topological polar surface area (TPSA) is 163 Å². The molecule has 0 radical (unpaired) electrons. The zero-order valence-corrected chi connectivity index (χ0v) is 38.2. The number of aryl methyl sites for hydroxylation is 1. The first-order valence-electron chi connectivity index (χ1n) is 20.2. The Hall–Kier alpha value is -3.93. The van der Waals surface area contributed by atoms with Gasteiger partial charge in [0, 0.05) is 41.4 Å². The second-order valence-electron chi connectivity index (χ2n) is 16.2. The Labute approximate surface area is 363 Å². The standard InChI is InChI=1S/C44H59N4O11PS/c1-29(2)47(30(3)4)48(56-24-25-61-41(50)43(6,7)8)60(52)59-58-37-26-39(46-27-31(5)40(49)45-42(46)51)57-38(37)28-55-44(32-14-12-11-13-15-32,33-16-20-35(53-9)21-17-33)34-18-22-36(54-10)23-19-34/h11-23,27,29-30,37-39,52H,24-26,28H2,1-10H3,(H,45,49,51)/t37-,38+,39+,60?/m0/s1. The molecule has 1 unspecified atom stereocenters. The van der Waals surface area contributed by atoms with Crippen molar-refractivity contribution in [2.75, 3.05) is 33.2 Å². The van der Waals surface area contributed by atoms with Crippen LogP contribution in [0.2, 0.25) is 0 Å². The van der Waals surface area contributed by atoms with Gasteiger partial charge >= 0.3 is 14.2 Å². The van der Waals surface area contributed by atoms with Crippen LogP contribution in [-0.4, -0.2) is 87.0 Å². The van der Waals surface area contributed by atoms with Crippen LogP contribution >= 0.6 is 20.3 Å². The number of ether oxygens (including phenoxy) is 4. The van der Waals surface area contributed by atoms with Crippen LogP contribution < -0.4 is 20.7 Å². The molecule has 0 spiro atoms. The van der Waals surface area contributed by atoms with Gasteiger partial charge in [-0.1, -0.05) is 87.1 Å². The van der Waals surface area contributed by atoms with E-state index in [9.17, 15) is 19.3 Å². The molecule has 2 N–H and O–H groups in total. The van der Waals surface area contributed by atoms with E-state index in [4.69, 9.17) is 33.3 Å². The van der Waals surface area contributed by atoms with Crippen molar-refractivity contribution in [1.29, 1.82) is 0 Å². The number of aromatic amines is 1. The lowest BCUT2D eigenvalue weighted by atomic mass is 9.80.